The second-order valence-corrected chi connectivity index (χ2v) is 10.9. The molecule has 2 amide bonds. The minimum absolute atomic E-state index is 0.174. The summed E-state index contributed by atoms with van der Waals surface area (Å²) < 4.78 is 21.2. The van der Waals surface area contributed by atoms with E-state index in [2.05, 4.69) is 26.3 Å². The maximum absolute atomic E-state index is 14.5. The first kappa shape index (κ1) is 26.1. The minimum atomic E-state index is -0.473. The molecular formula is C30H25ClFN7O3. The number of benzene rings is 2. The molecule has 0 bridgehead atoms. The van der Waals surface area contributed by atoms with Crippen LogP contribution in [-0.4, -0.2) is 68.4 Å². The van der Waals surface area contributed by atoms with Crippen molar-refractivity contribution >= 4 is 40.1 Å². The number of methoxy groups -OCH3 is 1. The van der Waals surface area contributed by atoms with Gasteiger partial charge in [-0.2, -0.15) is 14.9 Å². The Balaban J connectivity index is 1.14. The van der Waals surface area contributed by atoms with Gasteiger partial charge in [-0.3, -0.25) is 14.7 Å². The number of pyridine rings is 1. The van der Waals surface area contributed by atoms with E-state index in [-0.39, 0.29) is 39.6 Å². The number of carbonyl (C=O) groups excluding carboxylic acids is 2. The number of halogens is 2. The zero-order valence-corrected chi connectivity index (χ0v) is 23.3. The van der Waals surface area contributed by atoms with Crippen molar-refractivity contribution in [1.29, 1.82) is 0 Å². The number of rotatable bonds is 4. The van der Waals surface area contributed by atoms with Gasteiger partial charge >= 0.3 is 0 Å². The van der Waals surface area contributed by atoms with Gasteiger partial charge in [-0.05, 0) is 42.7 Å². The molecule has 0 radical (unpaired) electrons. The van der Waals surface area contributed by atoms with Crippen LogP contribution in [0.3, 0.4) is 0 Å². The number of aromatic amines is 1. The Hall–Kier alpha value is -4.77. The molecule has 2 aliphatic heterocycles. The Morgan fingerprint density at radius 1 is 1.02 bits per heavy atom. The van der Waals surface area contributed by atoms with E-state index in [9.17, 15) is 14.0 Å². The fourth-order valence-electron chi connectivity index (χ4n) is 6.17. The van der Waals surface area contributed by atoms with Crippen LogP contribution in [0.2, 0.25) is 5.15 Å². The van der Waals surface area contributed by atoms with Crippen LogP contribution in [0.25, 0.3) is 16.7 Å². The van der Waals surface area contributed by atoms with Crippen LogP contribution in [0.5, 0.6) is 5.88 Å². The lowest BCUT2D eigenvalue weighted by Gasteiger charge is -2.39. The number of anilines is 1. The monoisotopic (exact) mass is 585 g/mol. The molecule has 1 saturated heterocycles. The highest BCUT2D eigenvalue weighted by Gasteiger charge is 2.47. The van der Waals surface area contributed by atoms with Crippen molar-refractivity contribution in [2.24, 2.45) is 0 Å². The first-order chi connectivity index (χ1) is 20.4. The number of H-pyrrole nitrogens is 1. The molecule has 0 saturated carbocycles. The molecule has 1 fully saturated rings. The highest BCUT2D eigenvalue weighted by Crippen LogP contribution is 2.47. The van der Waals surface area contributed by atoms with Crippen LogP contribution in [0.1, 0.15) is 39.3 Å². The topological polar surface area (TPSA) is 109 Å². The summed E-state index contributed by atoms with van der Waals surface area (Å²) in [7, 11) is 1.45. The average Bonchev–Trinajstić information content (AvgIpc) is 3.73. The number of hydrogen-bond acceptors (Lipinski definition) is 6. The van der Waals surface area contributed by atoms with E-state index < -0.39 is 5.82 Å². The Morgan fingerprint density at radius 2 is 1.76 bits per heavy atom. The molecule has 1 spiro atoms. The number of piperidine rings is 1. The van der Waals surface area contributed by atoms with Crippen molar-refractivity contribution in [3.63, 3.8) is 0 Å². The molecule has 3 aromatic heterocycles. The van der Waals surface area contributed by atoms with E-state index in [1.54, 1.807) is 40.3 Å². The lowest BCUT2D eigenvalue weighted by molar-refractivity contribution is 0.0664. The summed E-state index contributed by atoms with van der Waals surface area (Å²) >= 11 is 6.23. The molecule has 5 aromatic rings. The number of aromatic nitrogens is 5. The molecule has 12 heteroatoms. The molecule has 5 heterocycles. The predicted molar refractivity (Wildman–Crippen MR) is 154 cm³/mol. The molecule has 0 unspecified atom stereocenters. The van der Waals surface area contributed by atoms with Gasteiger partial charge in [0.1, 0.15) is 16.7 Å². The van der Waals surface area contributed by atoms with Gasteiger partial charge in [-0.15, -0.1) is 0 Å². The summed E-state index contributed by atoms with van der Waals surface area (Å²) in [6.07, 6.45) is 2.89. The van der Waals surface area contributed by atoms with E-state index in [4.69, 9.17) is 16.3 Å². The largest absolute Gasteiger partial charge is 0.481 e. The van der Waals surface area contributed by atoms with Crippen molar-refractivity contribution in [3.05, 3.63) is 94.7 Å². The molecule has 212 valence electrons. The number of likely N-dealkylation sites (tertiary alicyclic amines) is 1. The van der Waals surface area contributed by atoms with E-state index in [0.717, 1.165) is 11.3 Å². The molecule has 0 aliphatic carbocycles. The smallest absolute Gasteiger partial charge is 0.274 e. The summed E-state index contributed by atoms with van der Waals surface area (Å²) in [4.78, 5) is 35.3. The number of amides is 2. The number of carbonyl (C=O) groups is 2. The maximum atomic E-state index is 14.5. The number of para-hydroxylation sites is 2. The van der Waals surface area contributed by atoms with Crippen molar-refractivity contribution in [3.8, 4) is 11.6 Å². The second kappa shape index (κ2) is 9.95. The van der Waals surface area contributed by atoms with Crippen molar-refractivity contribution in [2.75, 3.05) is 31.6 Å². The van der Waals surface area contributed by atoms with Crippen LogP contribution in [0, 0.1) is 5.82 Å². The van der Waals surface area contributed by atoms with Gasteiger partial charge in [0.25, 0.3) is 11.8 Å². The van der Waals surface area contributed by atoms with Crippen molar-refractivity contribution < 1.29 is 18.7 Å². The highest BCUT2D eigenvalue weighted by molar-refractivity contribution is 6.30. The highest BCUT2D eigenvalue weighted by atomic mass is 35.5. The predicted octanol–water partition coefficient (Wildman–Crippen LogP) is 4.78. The van der Waals surface area contributed by atoms with E-state index in [0.29, 0.717) is 49.1 Å². The molecular weight excluding hydrogens is 561 g/mol. The minimum Gasteiger partial charge on any atom is -0.481 e. The van der Waals surface area contributed by atoms with Crippen LogP contribution in [-0.2, 0) is 5.41 Å². The van der Waals surface area contributed by atoms with Crippen LogP contribution in [0.15, 0.2) is 66.9 Å². The van der Waals surface area contributed by atoms with E-state index >= 15 is 0 Å². The van der Waals surface area contributed by atoms with Crippen LogP contribution in [0.4, 0.5) is 10.1 Å². The SMILES string of the molecule is COc1cc(C(=O)N2CCC3(CC2)CN(C(=O)c2cc(Cl)nc4[nH]ncc24)c2ccccc23)nn1-c1ccccc1F. The first-order valence-corrected chi connectivity index (χ1v) is 13.9. The van der Waals surface area contributed by atoms with Crippen LogP contribution < -0.4 is 9.64 Å². The summed E-state index contributed by atoms with van der Waals surface area (Å²) in [5.74, 6) is -0.649. The third-order valence-electron chi connectivity index (χ3n) is 8.29. The standard InChI is InChI=1S/C30H25ClFN7O3/c1-42-26-15-22(36-39(26)24-9-5-3-7-21(24)32)29(41)37-12-10-30(11-13-37)17-38(23-8-4-2-6-20(23)30)28(40)18-14-25(31)34-27-19(18)16-33-35-27/h2-9,14-16H,10-13,17H2,1H3,(H,33,34,35). The zero-order valence-electron chi connectivity index (χ0n) is 22.6. The summed E-state index contributed by atoms with van der Waals surface area (Å²) in [6.45, 7) is 1.41. The Bertz CT molecular complexity index is 1860. The summed E-state index contributed by atoms with van der Waals surface area (Å²) in [5, 5.41) is 12.0. The number of fused-ring (bicyclic) bond motifs is 3. The Kier molecular flexibility index (Phi) is 6.19. The van der Waals surface area contributed by atoms with Gasteiger partial charge in [0.2, 0.25) is 5.88 Å². The lowest BCUT2D eigenvalue weighted by Crippen LogP contribution is -2.48. The number of nitrogens with one attached hydrogen (secondary N) is 1. The Labute approximate surface area is 244 Å². The van der Waals surface area contributed by atoms with Gasteiger partial charge in [-0.25, -0.2) is 9.37 Å². The maximum Gasteiger partial charge on any atom is 0.274 e. The molecule has 0 atom stereocenters. The summed E-state index contributed by atoms with van der Waals surface area (Å²) in [5.41, 5.74) is 2.86. The molecule has 42 heavy (non-hydrogen) atoms. The quantitative estimate of drug-likeness (QED) is 0.304. The molecule has 7 rings (SSSR count). The van der Waals surface area contributed by atoms with Crippen molar-refractivity contribution in [2.45, 2.75) is 18.3 Å². The van der Waals surface area contributed by atoms with Gasteiger partial charge < -0.3 is 14.5 Å². The fraction of sp³-hybridized carbons (Fsp3) is 0.233. The third kappa shape index (κ3) is 4.11. The normalized spacial score (nSPS) is 15.8. The number of ether oxygens (including phenoxy) is 1. The van der Waals surface area contributed by atoms with Gasteiger partial charge in [0.15, 0.2) is 11.3 Å². The zero-order chi connectivity index (χ0) is 29.0. The van der Waals surface area contributed by atoms with E-state index in [1.807, 2.05) is 18.2 Å². The van der Waals surface area contributed by atoms with E-state index in [1.165, 1.54) is 23.9 Å². The van der Waals surface area contributed by atoms with Gasteiger partial charge in [-0.1, -0.05) is 41.9 Å². The third-order valence-corrected chi connectivity index (χ3v) is 8.48. The van der Waals surface area contributed by atoms with Gasteiger partial charge in [0.05, 0.1) is 24.3 Å². The number of hydrogen-bond donors (Lipinski definition) is 1. The summed E-state index contributed by atoms with van der Waals surface area (Å²) in [6, 6.07) is 17.2. The van der Waals surface area contributed by atoms with Crippen molar-refractivity contribution in [1.82, 2.24) is 29.9 Å². The first-order valence-electron chi connectivity index (χ1n) is 13.5. The average molecular weight is 586 g/mol. The second-order valence-electron chi connectivity index (χ2n) is 10.5. The fourth-order valence-corrected chi connectivity index (χ4v) is 6.36. The van der Waals surface area contributed by atoms with Crippen LogP contribution >= 0.6 is 11.6 Å². The Morgan fingerprint density at radius 3 is 2.52 bits per heavy atom. The molecule has 10 nitrogen and oxygen atoms in total. The number of nitrogens with zero attached hydrogens (tertiary/aromatic N) is 6. The lowest BCUT2D eigenvalue weighted by atomic mass is 9.74. The van der Waals surface area contributed by atoms with Gasteiger partial charge in [0, 0.05) is 36.8 Å². The molecule has 2 aromatic carbocycles. The molecule has 2 aliphatic rings. The molecule has 1 N–H and O–H groups in total.